The Morgan fingerprint density at radius 1 is 1.14 bits per heavy atom. The predicted molar refractivity (Wildman–Crippen MR) is 92.6 cm³/mol. The highest BCUT2D eigenvalue weighted by Gasteiger charge is 2.37. The minimum absolute atomic E-state index is 0.162. The Balaban J connectivity index is 4.79. The molecule has 4 nitrogen and oxygen atoms in total. The normalized spacial score (nSPS) is 14.6. The Hall–Kier alpha value is 0.0669. The summed E-state index contributed by atoms with van der Waals surface area (Å²) in [5.41, 5.74) is 0.977. The van der Waals surface area contributed by atoms with E-state index in [2.05, 4.69) is 33.9 Å². The van der Waals surface area contributed by atoms with Crippen LogP contribution < -0.4 is 0 Å². The van der Waals surface area contributed by atoms with Gasteiger partial charge < -0.3 is 13.5 Å². The fourth-order valence-electron chi connectivity index (χ4n) is 1.48. The van der Waals surface area contributed by atoms with E-state index in [1.807, 2.05) is 26.8 Å². The zero-order valence-corrected chi connectivity index (χ0v) is 16.9. The first kappa shape index (κ1) is 21.1. The van der Waals surface area contributed by atoms with Crippen LogP contribution in [0, 0.1) is 0 Å². The number of hydrogen-bond acceptors (Lipinski definition) is 4. The molecule has 0 atom stereocenters. The van der Waals surface area contributed by atoms with Crippen LogP contribution in [0.25, 0.3) is 0 Å². The monoisotopic (exact) mass is 336 g/mol. The Kier molecular flexibility index (Phi) is 8.66. The highest BCUT2D eigenvalue weighted by Crippen LogP contribution is 2.49. The van der Waals surface area contributed by atoms with Crippen LogP contribution in [-0.4, -0.2) is 34.3 Å². The van der Waals surface area contributed by atoms with Crippen LogP contribution in [0.5, 0.6) is 0 Å². The van der Waals surface area contributed by atoms with E-state index in [0.29, 0.717) is 26.0 Å². The summed E-state index contributed by atoms with van der Waals surface area (Å²) in [5.74, 6) is 0. The number of rotatable bonds is 9. The fourth-order valence-corrected chi connectivity index (χ4v) is 4.28. The van der Waals surface area contributed by atoms with Gasteiger partial charge in [-0.2, -0.15) is 0 Å². The summed E-state index contributed by atoms with van der Waals surface area (Å²) in [4.78, 5) is 0. The van der Waals surface area contributed by atoms with Crippen LogP contribution >= 0.6 is 7.60 Å². The summed E-state index contributed by atoms with van der Waals surface area (Å²) >= 11 is 0. The Labute approximate surface area is 131 Å². The van der Waals surface area contributed by atoms with Gasteiger partial charge in [-0.3, -0.25) is 4.57 Å². The summed E-state index contributed by atoms with van der Waals surface area (Å²) in [7, 11) is -4.86. The molecule has 0 aliphatic carbocycles. The lowest BCUT2D eigenvalue weighted by atomic mass is 10.2. The van der Waals surface area contributed by atoms with Crippen molar-refractivity contribution in [1.82, 2.24) is 0 Å². The van der Waals surface area contributed by atoms with Crippen LogP contribution in [0.3, 0.4) is 0 Å². The standard InChI is InChI=1S/C15H33O4PSi/c1-9-14(12-19-21(7,8)15(4,5)6)13-20(16,17-10-2)18-11-3/h9H,10-13H2,1-8H3/b14-9-. The van der Waals surface area contributed by atoms with Crippen LogP contribution in [-0.2, 0) is 18.0 Å². The lowest BCUT2D eigenvalue weighted by molar-refractivity contribution is 0.220. The lowest BCUT2D eigenvalue weighted by Gasteiger charge is -2.36. The van der Waals surface area contributed by atoms with Crippen molar-refractivity contribution in [2.24, 2.45) is 0 Å². The van der Waals surface area contributed by atoms with Crippen molar-refractivity contribution in [2.75, 3.05) is 26.0 Å². The van der Waals surface area contributed by atoms with Gasteiger partial charge in [0, 0.05) is 0 Å². The molecule has 21 heavy (non-hydrogen) atoms. The van der Waals surface area contributed by atoms with Crippen molar-refractivity contribution in [3.8, 4) is 0 Å². The summed E-state index contributed by atoms with van der Waals surface area (Å²) in [6.07, 6.45) is 2.26. The summed E-state index contributed by atoms with van der Waals surface area (Å²) < 4.78 is 29.5. The van der Waals surface area contributed by atoms with E-state index < -0.39 is 15.9 Å². The van der Waals surface area contributed by atoms with E-state index in [1.165, 1.54) is 0 Å². The second-order valence-electron chi connectivity index (χ2n) is 6.60. The molecule has 0 bridgehead atoms. The Morgan fingerprint density at radius 3 is 1.95 bits per heavy atom. The maximum Gasteiger partial charge on any atom is 0.334 e. The van der Waals surface area contributed by atoms with E-state index in [4.69, 9.17) is 13.5 Å². The molecule has 0 fully saturated rings. The molecule has 0 radical (unpaired) electrons. The molecule has 0 saturated carbocycles. The quantitative estimate of drug-likeness (QED) is 0.329. The van der Waals surface area contributed by atoms with Crippen LogP contribution in [0.15, 0.2) is 11.6 Å². The van der Waals surface area contributed by atoms with Crippen LogP contribution in [0.4, 0.5) is 0 Å². The Morgan fingerprint density at radius 2 is 1.62 bits per heavy atom. The van der Waals surface area contributed by atoms with Gasteiger partial charge in [-0.05, 0) is 44.5 Å². The second-order valence-corrected chi connectivity index (χ2v) is 13.5. The van der Waals surface area contributed by atoms with Gasteiger partial charge in [0.15, 0.2) is 8.32 Å². The summed E-state index contributed by atoms with van der Waals surface area (Å²) in [6, 6.07) is 0. The van der Waals surface area contributed by atoms with Crippen LogP contribution in [0.2, 0.25) is 18.1 Å². The van der Waals surface area contributed by atoms with Crippen molar-refractivity contribution < 1.29 is 18.0 Å². The molecular formula is C15H33O4PSi. The third-order valence-corrected chi connectivity index (χ3v) is 10.5. The molecule has 0 aromatic heterocycles. The molecule has 0 heterocycles. The highest BCUT2D eigenvalue weighted by atomic mass is 31.2. The van der Waals surface area contributed by atoms with Gasteiger partial charge in [0.25, 0.3) is 0 Å². The van der Waals surface area contributed by atoms with E-state index in [1.54, 1.807) is 0 Å². The molecule has 0 aromatic carbocycles. The van der Waals surface area contributed by atoms with Crippen LogP contribution in [0.1, 0.15) is 41.5 Å². The first-order valence-corrected chi connectivity index (χ1v) is 12.3. The lowest BCUT2D eigenvalue weighted by Crippen LogP contribution is -2.41. The molecule has 0 aliphatic heterocycles. The minimum Gasteiger partial charge on any atom is -0.413 e. The summed E-state index contributed by atoms with van der Waals surface area (Å²) in [6.45, 7) is 17.9. The van der Waals surface area contributed by atoms with Gasteiger partial charge in [-0.15, -0.1) is 0 Å². The first-order valence-electron chi connectivity index (χ1n) is 7.67. The first-order chi connectivity index (χ1) is 9.51. The molecule has 126 valence electrons. The third kappa shape index (κ3) is 7.25. The smallest absolute Gasteiger partial charge is 0.334 e. The molecule has 0 rings (SSSR count). The van der Waals surface area contributed by atoms with Gasteiger partial charge in [-0.25, -0.2) is 0 Å². The van der Waals surface area contributed by atoms with Crippen molar-refractivity contribution >= 4 is 15.9 Å². The van der Waals surface area contributed by atoms with E-state index >= 15 is 0 Å². The molecule has 0 amide bonds. The van der Waals surface area contributed by atoms with Gasteiger partial charge in [0.1, 0.15) is 0 Å². The van der Waals surface area contributed by atoms with E-state index in [-0.39, 0.29) is 5.04 Å². The fraction of sp³-hybridized carbons (Fsp3) is 0.867. The zero-order valence-electron chi connectivity index (χ0n) is 15.0. The van der Waals surface area contributed by atoms with E-state index in [9.17, 15) is 4.57 Å². The van der Waals surface area contributed by atoms with Gasteiger partial charge >= 0.3 is 7.60 Å². The van der Waals surface area contributed by atoms with E-state index in [0.717, 1.165) is 5.57 Å². The summed E-state index contributed by atoms with van der Waals surface area (Å²) in [5, 5.41) is 0.162. The van der Waals surface area contributed by atoms with Crippen molar-refractivity contribution in [3.63, 3.8) is 0 Å². The van der Waals surface area contributed by atoms with Gasteiger partial charge in [0.05, 0.1) is 26.0 Å². The SMILES string of the molecule is C/C=C(/CO[Si](C)(C)C(C)(C)C)CP(=O)(OCC)OCC. The second kappa shape index (κ2) is 8.63. The molecule has 6 heteroatoms. The molecule has 0 spiro atoms. The molecule has 0 aliphatic rings. The third-order valence-electron chi connectivity index (χ3n) is 3.88. The molecule has 0 unspecified atom stereocenters. The van der Waals surface area contributed by atoms with Gasteiger partial charge in [-0.1, -0.05) is 26.8 Å². The Bertz CT molecular complexity index is 376. The molecule has 0 aromatic rings. The number of hydrogen-bond donors (Lipinski definition) is 0. The maximum absolute atomic E-state index is 12.6. The molecular weight excluding hydrogens is 303 g/mol. The average Bonchev–Trinajstić information content (AvgIpc) is 2.33. The van der Waals surface area contributed by atoms with Crippen molar-refractivity contribution in [1.29, 1.82) is 0 Å². The average molecular weight is 336 g/mol. The zero-order chi connectivity index (χ0) is 16.7. The number of allylic oxidation sites excluding steroid dienone is 1. The molecule has 0 saturated heterocycles. The maximum atomic E-state index is 12.6. The van der Waals surface area contributed by atoms with Crippen molar-refractivity contribution in [3.05, 3.63) is 11.6 Å². The highest BCUT2D eigenvalue weighted by molar-refractivity contribution is 7.54. The topological polar surface area (TPSA) is 44.8 Å². The largest absolute Gasteiger partial charge is 0.413 e. The minimum atomic E-state index is -3.05. The molecule has 0 N–H and O–H groups in total. The van der Waals surface area contributed by atoms with Gasteiger partial charge in [0.2, 0.25) is 0 Å². The van der Waals surface area contributed by atoms with Crippen molar-refractivity contribution in [2.45, 2.75) is 59.7 Å². The predicted octanol–water partition coefficient (Wildman–Crippen LogP) is 5.22.